The molecule has 1 amide bonds. The molecule has 20 heavy (non-hydrogen) atoms. The van der Waals surface area contributed by atoms with E-state index in [-0.39, 0.29) is 17.1 Å². The van der Waals surface area contributed by atoms with E-state index >= 15 is 0 Å². The summed E-state index contributed by atoms with van der Waals surface area (Å²) in [5.74, 6) is -1.18. The molecule has 0 aliphatic rings. The van der Waals surface area contributed by atoms with Crippen molar-refractivity contribution in [1.82, 2.24) is 0 Å². The summed E-state index contributed by atoms with van der Waals surface area (Å²) in [5.41, 5.74) is 1.18. The largest absolute Gasteiger partial charge is 0.507 e. The average Bonchev–Trinajstić information content (AvgIpc) is 2.41. The standard InChI is InChI=1S/C15H12N2O3/c16-9-8-10-4-6-11(7-5-10)17-15(20)14-12(18)2-1-3-13(14)19/h1-7,18-19H,8H2,(H,17,20). The maximum atomic E-state index is 12.0. The number of carbonyl (C=O) groups is 1. The molecule has 0 aliphatic carbocycles. The normalized spacial score (nSPS) is 9.75. The Morgan fingerprint density at radius 2 is 1.70 bits per heavy atom. The molecular weight excluding hydrogens is 256 g/mol. The predicted octanol–water partition coefficient (Wildman–Crippen LogP) is 2.42. The van der Waals surface area contributed by atoms with Crippen LogP contribution in [0.1, 0.15) is 15.9 Å². The quantitative estimate of drug-likeness (QED) is 0.796. The highest BCUT2D eigenvalue weighted by molar-refractivity contribution is 6.08. The topological polar surface area (TPSA) is 93.4 Å². The fourth-order valence-electron chi connectivity index (χ4n) is 1.75. The summed E-state index contributed by atoms with van der Waals surface area (Å²) in [6.07, 6.45) is 0.300. The maximum Gasteiger partial charge on any atom is 0.263 e. The van der Waals surface area contributed by atoms with Crippen LogP contribution in [-0.2, 0) is 6.42 Å². The van der Waals surface area contributed by atoms with Gasteiger partial charge in [-0.15, -0.1) is 0 Å². The number of rotatable bonds is 3. The van der Waals surface area contributed by atoms with Gasteiger partial charge in [-0.05, 0) is 29.8 Å². The Balaban J connectivity index is 2.18. The van der Waals surface area contributed by atoms with Crippen LogP contribution in [0.5, 0.6) is 11.5 Å². The third-order valence-electron chi connectivity index (χ3n) is 2.74. The molecule has 3 N–H and O–H groups in total. The Kier molecular flexibility index (Phi) is 3.87. The number of aromatic hydroxyl groups is 2. The number of benzene rings is 2. The number of phenols is 2. The molecule has 0 heterocycles. The molecule has 0 spiro atoms. The summed E-state index contributed by atoms with van der Waals surface area (Å²) in [4.78, 5) is 12.0. The van der Waals surface area contributed by atoms with Crippen molar-refractivity contribution < 1.29 is 15.0 Å². The number of anilines is 1. The summed E-state index contributed by atoms with van der Waals surface area (Å²) in [5, 5.41) is 30.3. The molecule has 2 rings (SSSR count). The number of nitriles is 1. The van der Waals surface area contributed by atoms with Crippen LogP contribution in [0, 0.1) is 11.3 Å². The van der Waals surface area contributed by atoms with E-state index in [4.69, 9.17) is 5.26 Å². The van der Waals surface area contributed by atoms with Crippen molar-refractivity contribution in [3.05, 3.63) is 53.6 Å². The van der Waals surface area contributed by atoms with Crippen LogP contribution in [0.25, 0.3) is 0 Å². The van der Waals surface area contributed by atoms with Crippen LogP contribution >= 0.6 is 0 Å². The van der Waals surface area contributed by atoms with E-state index in [0.717, 1.165) is 5.56 Å². The lowest BCUT2D eigenvalue weighted by atomic mass is 10.1. The van der Waals surface area contributed by atoms with Crippen LogP contribution in [0.2, 0.25) is 0 Å². The van der Waals surface area contributed by atoms with Gasteiger partial charge in [0.2, 0.25) is 0 Å². The van der Waals surface area contributed by atoms with Gasteiger partial charge in [0.1, 0.15) is 17.1 Å². The van der Waals surface area contributed by atoms with E-state index in [0.29, 0.717) is 12.1 Å². The van der Waals surface area contributed by atoms with Crippen molar-refractivity contribution in [3.63, 3.8) is 0 Å². The van der Waals surface area contributed by atoms with Crippen molar-refractivity contribution >= 4 is 11.6 Å². The molecule has 0 saturated heterocycles. The average molecular weight is 268 g/mol. The first-order valence-electron chi connectivity index (χ1n) is 5.90. The van der Waals surface area contributed by atoms with Gasteiger partial charge in [-0.1, -0.05) is 18.2 Å². The number of phenolic OH excluding ortho intramolecular Hbond substituents is 2. The van der Waals surface area contributed by atoms with Gasteiger partial charge in [-0.25, -0.2) is 0 Å². The summed E-state index contributed by atoms with van der Waals surface area (Å²) in [7, 11) is 0. The minimum atomic E-state index is -0.603. The summed E-state index contributed by atoms with van der Waals surface area (Å²) < 4.78 is 0. The van der Waals surface area contributed by atoms with E-state index in [1.54, 1.807) is 24.3 Å². The van der Waals surface area contributed by atoms with Crippen LogP contribution in [0.4, 0.5) is 5.69 Å². The number of hydrogen-bond donors (Lipinski definition) is 3. The Morgan fingerprint density at radius 1 is 1.10 bits per heavy atom. The summed E-state index contributed by atoms with van der Waals surface area (Å²) in [6, 6.07) is 12.9. The lowest BCUT2D eigenvalue weighted by molar-refractivity contribution is 0.102. The van der Waals surface area contributed by atoms with Gasteiger partial charge in [0.25, 0.3) is 5.91 Å². The highest BCUT2D eigenvalue weighted by Crippen LogP contribution is 2.27. The highest BCUT2D eigenvalue weighted by Gasteiger charge is 2.15. The van der Waals surface area contributed by atoms with Crippen LogP contribution in [0.15, 0.2) is 42.5 Å². The second kappa shape index (κ2) is 5.76. The number of nitrogens with one attached hydrogen (secondary N) is 1. The molecule has 0 fully saturated rings. The lowest BCUT2D eigenvalue weighted by Gasteiger charge is -2.08. The molecule has 0 radical (unpaired) electrons. The molecule has 0 aromatic heterocycles. The zero-order chi connectivity index (χ0) is 14.5. The fourth-order valence-corrected chi connectivity index (χ4v) is 1.75. The molecule has 0 unspecified atom stereocenters. The van der Waals surface area contributed by atoms with Crippen molar-refractivity contribution in [3.8, 4) is 17.6 Å². The number of amides is 1. The summed E-state index contributed by atoms with van der Waals surface area (Å²) in [6.45, 7) is 0. The van der Waals surface area contributed by atoms with Crippen molar-refractivity contribution in [2.45, 2.75) is 6.42 Å². The third kappa shape index (κ3) is 2.87. The van der Waals surface area contributed by atoms with E-state index < -0.39 is 5.91 Å². The smallest absolute Gasteiger partial charge is 0.263 e. The Bertz CT molecular complexity index is 652. The van der Waals surface area contributed by atoms with E-state index in [1.807, 2.05) is 6.07 Å². The van der Waals surface area contributed by atoms with Gasteiger partial charge in [-0.3, -0.25) is 4.79 Å². The monoisotopic (exact) mass is 268 g/mol. The molecule has 0 saturated carbocycles. The molecule has 0 atom stereocenters. The van der Waals surface area contributed by atoms with Crippen molar-refractivity contribution in [2.24, 2.45) is 0 Å². The zero-order valence-corrected chi connectivity index (χ0v) is 10.5. The zero-order valence-electron chi connectivity index (χ0n) is 10.5. The van der Waals surface area contributed by atoms with E-state index in [1.165, 1.54) is 18.2 Å². The third-order valence-corrected chi connectivity index (χ3v) is 2.74. The number of nitrogens with zero attached hydrogens (tertiary/aromatic N) is 1. The second-order valence-electron chi connectivity index (χ2n) is 4.16. The number of carbonyl (C=O) groups excluding carboxylic acids is 1. The SMILES string of the molecule is N#CCc1ccc(NC(=O)c2c(O)cccc2O)cc1. The molecule has 2 aromatic carbocycles. The van der Waals surface area contributed by atoms with Gasteiger partial charge in [0.15, 0.2) is 0 Å². The molecule has 0 aliphatic heterocycles. The Labute approximate surface area is 115 Å². The molecule has 5 nitrogen and oxygen atoms in total. The van der Waals surface area contributed by atoms with Crippen molar-refractivity contribution in [2.75, 3.05) is 5.32 Å². The molecule has 100 valence electrons. The molecule has 2 aromatic rings. The van der Waals surface area contributed by atoms with E-state index in [9.17, 15) is 15.0 Å². The van der Waals surface area contributed by atoms with Crippen LogP contribution in [0.3, 0.4) is 0 Å². The van der Waals surface area contributed by atoms with Gasteiger partial charge in [0.05, 0.1) is 12.5 Å². The van der Waals surface area contributed by atoms with E-state index in [2.05, 4.69) is 5.32 Å². The fraction of sp³-hybridized carbons (Fsp3) is 0.0667. The number of hydrogen-bond acceptors (Lipinski definition) is 4. The van der Waals surface area contributed by atoms with Gasteiger partial charge in [-0.2, -0.15) is 5.26 Å². The van der Waals surface area contributed by atoms with Crippen molar-refractivity contribution in [1.29, 1.82) is 5.26 Å². The van der Waals surface area contributed by atoms with Gasteiger partial charge < -0.3 is 15.5 Å². The highest BCUT2D eigenvalue weighted by atomic mass is 16.3. The lowest BCUT2D eigenvalue weighted by Crippen LogP contribution is -2.12. The van der Waals surface area contributed by atoms with Crippen LogP contribution in [-0.4, -0.2) is 16.1 Å². The Hall–Kier alpha value is -3.00. The first-order valence-corrected chi connectivity index (χ1v) is 5.90. The molecule has 0 bridgehead atoms. The van der Waals surface area contributed by atoms with Gasteiger partial charge >= 0.3 is 0 Å². The van der Waals surface area contributed by atoms with Crippen LogP contribution < -0.4 is 5.32 Å². The van der Waals surface area contributed by atoms with Gasteiger partial charge in [0, 0.05) is 5.69 Å². The summed E-state index contributed by atoms with van der Waals surface area (Å²) >= 11 is 0. The second-order valence-corrected chi connectivity index (χ2v) is 4.16. The molecular formula is C15H12N2O3. The molecule has 5 heteroatoms. The first kappa shape index (κ1) is 13.4. The predicted molar refractivity (Wildman–Crippen MR) is 73.5 cm³/mol. The minimum absolute atomic E-state index is 0.173. The Morgan fingerprint density at radius 3 is 2.25 bits per heavy atom. The maximum absolute atomic E-state index is 12.0. The first-order chi connectivity index (χ1) is 9.61. The minimum Gasteiger partial charge on any atom is -0.507 e.